The first kappa shape index (κ1) is 50.4. The van der Waals surface area contributed by atoms with E-state index in [1.165, 1.54) is 12.5 Å². The van der Waals surface area contributed by atoms with Crippen LogP contribution in [0.3, 0.4) is 0 Å². The molecule has 8 rings (SSSR count). The van der Waals surface area contributed by atoms with Gasteiger partial charge >= 0.3 is 12.2 Å². The number of ketones is 1. The summed E-state index contributed by atoms with van der Waals surface area (Å²) < 4.78 is 11.7. The van der Waals surface area contributed by atoms with Crippen molar-refractivity contribution in [3.8, 4) is 0 Å². The lowest BCUT2D eigenvalue weighted by atomic mass is 9.43. The number of anilines is 1. The molecule has 6 N–H and O–H groups in total. The molecule has 70 heavy (non-hydrogen) atoms. The first-order chi connectivity index (χ1) is 33.5. The summed E-state index contributed by atoms with van der Waals surface area (Å²) in [6.07, 6.45) is 15.0. The van der Waals surface area contributed by atoms with Gasteiger partial charge in [0.2, 0.25) is 23.6 Å². The van der Waals surface area contributed by atoms with Gasteiger partial charge in [0.25, 0.3) is 0 Å². The molecule has 2 unspecified atom stereocenters. The molecule has 9 atom stereocenters. The maximum Gasteiger partial charge on any atom is 0.410 e. The molecule has 2 aromatic carbocycles. The molecule has 5 aliphatic carbocycles. The minimum Gasteiger partial charge on any atom is -0.446 e. The number of likely N-dealkylation sites (tertiary alicyclic amines) is 1. The van der Waals surface area contributed by atoms with Crippen molar-refractivity contribution in [2.24, 2.45) is 34.5 Å². The van der Waals surface area contributed by atoms with Gasteiger partial charge in [-0.3, -0.25) is 24.0 Å². The average molecular weight is 963 g/mol. The zero-order valence-electron chi connectivity index (χ0n) is 40.8. The molecule has 0 aromatic heterocycles. The van der Waals surface area contributed by atoms with E-state index in [1.54, 1.807) is 35.2 Å². The monoisotopic (exact) mass is 963 g/mol. The van der Waals surface area contributed by atoms with Crippen molar-refractivity contribution in [2.45, 2.75) is 135 Å². The van der Waals surface area contributed by atoms with Crippen molar-refractivity contribution in [1.82, 2.24) is 26.2 Å². The maximum atomic E-state index is 13.2. The van der Waals surface area contributed by atoms with Crippen LogP contribution in [0.4, 0.5) is 15.3 Å². The third-order valence-electron chi connectivity index (χ3n) is 17.0. The number of piperidine rings is 1. The fraction of sp³-hybridized carbons (Fsp3) is 0.574. The second-order valence-electron chi connectivity index (χ2n) is 21.1. The predicted molar refractivity (Wildman–Crippen MR) is 261 cm³/mol. The number of carbonyl (C=O) groups excluding carboxylic acids is 7. The highest BCUT2D eigenvalue weighted by Gasteiger charge is 2.67. The van der Waals surface area contributed by atoms with Crippen LogP contribution in [-0.4, -0.2) is 102 Å². The van der Waals surface area contributed by atoms with Gasteiger partial charge in [0, 0.05) is 50.0 Å². The van der Waals surface area contributed by atoms with Crippen LogP contribution in [0.1, 0.15) is 109 Å². The lowest BCUT2D eigenvalue weighted by Crippen LogP contribution is -2.62. The summed E-state index contributed by atoms with van der Waals surface area (Å²) >= 11 is 0. The Bertz CT molecular complexity index is 2350. The zero-order chi connectivity index (χ0) is 49.6. The van der Waals surface area contributed by atoms with Gasteiger partial charge in [-0.1, -0.05) is 68.5 Å². The molecular formula is C54H70N6O10. The highest BCUT2D eigenvalue weighted by molar-refractivity contribution is 5.96. The molecule has 16 heteroatoms. The van der Waals surface area contributed by atoms with Gasteiger partial charge in [0.1, 0.15) is 18.8 Å². The number of benzene rings is 2. The summed E-state index contributed by atoms with van der Waals surface area (Å²) in [7, 11) is 0. The first-order valence-corrected chi connectivity index (χ1v) is 25.3. The maximum absolute atomic E-state index is 13.2. The average Bonchev–Trinajstić information content (AvgIpc) is 3.63. The highest BCUT2D eigenvalue weighted by Crippen LogP contribution is 2.70. The lowest BCUT2D eigenvalue weighted by molar-refractivity contribution is -0.207. The van der Waals surface area contributed by atoms with Gasteiger partial charge in [-0.25, -0.2) is 9.59 Å². The number of nitrogens with zero attached hydrogens (tertiary/aromatic N) is 1. The van der Waals surface area contributed by atoms with Gasteiger partial charge in [-0.2, -0.15) is 0 Å². The second-order valence-corrected chi connectivity index (χ2v) is 21.1. The number of amides is 6. The van der Waals surface area contributed by atoms with E-state index in [1.807, 2.05) is 36.4 Å². The van der Waals surface area contributed by atoms with Crippen molar-refractivity contribution in [2.75, 3.05) is 31.5 Å². The van der Waals surface area contributed by atoms with Crippen LogP contribution in [-0.2, 0) is 46.5 Å². The normalized spacial score (nSPS) is 29.7. The van der Waals surface area contributed by atoms with E-state index in [0.717, 1.165) is 63.4 Å². The molecule has 376 valence electrons. The minimum atomic E-state index is -0.978. The van der Waals surface area contributed by atoms with Gasteiger partial charge in [0.05, 0.1) is 18.7 Å². The van der Waals surface area contributed by atoms with Crippen molar-refractivity contribution in [3.63, 3.8) is 0 Å². The van der Waals surface area contributed by atoms with E-state index in [-0.39, 0.29) is 72.6 Å². The minimum absolute atomic E-state index is 0.0218. The third-order valence-corrected chi connectivity index (χ3v) is 17.0. The molecule has 0 spiro atoms. The fourth-order valence-corrected chi connectivity index (χ4v) is 13.1. The first-order valence-electron chi connectivity index (χ1n) is 25.3. The Kier molecular flexibility index (Phi) is 15.5. The zero-order valence-corrected chi connectivity index (χ0v) is 40.8. The third kappa shape index (κ3) is 11.3. The van der Waals surface area contributed by atoms with E-state index >= 15 is 0 Å². The number of aliphatic hydroxyl groups is 1. The fourth-order valence-electron chi connectivity index (χ4n) is 13.1. The number of hydrogen-bond donors (Lipinski definition) is 6. The van der Waals surface area contributed by atoms with E-state index in [4.69, 9.17) is 9.47 Å². The summed E-state index contributed by atoms with van der Waals surface area (Å²) in [6, 6.07) is 14.8. The smallest absolute Gasteiger partial charge is 0.410 e. The number of fused-ring (bicyclic) bond motifs is 5. The quantitative estimate of drug-likeness (QED) is 0.129. The van der Waals surface area contributed by atoms with Crippen LogP contribution in [0.25, 0.3) is 0 Å². The Morgan fingerprint density at radius 3 is 2.26 bits per heavy atom. The lowest BCUT2D eigenvalue weighted by Gasteiger charge is -2.63. The predicted octanol–water partition coefficient (Wildman–Crippen LogP) is 6.03. The summed E-state index contributed by atoms with van der Waals surface area (Å²) in [5, 5.41) is 26.0. The topological polar surface area (TPSA) is 222 Å². The van der Waals surface area contributed by atoms with Crippen LogP contribution in [0, 0.1) is 34.5 Å². The van der Waals surface area contributed by atoms with E-state index in [2.05, 4.69) is 46.5 Å². The van der Waals surface area contributed by atoms with Crippen LogP contribution in [0.5, 0.6) is 0 Å². The van der Waals surface area contributed by atoms with Gasteiger partial charge in [0.15, 0.2) is 5.78 Å². The molecule has 16 nitrogen and oxygen atoms in total. The molecule has 0 bridgehead atoms. The number of alkyl carbamates (subject to hydrolysis) is 1. The molecule has 6 amide bonds. The van der Waals surface area contributed by atoms with Crippen LogP contribution in [0.2, 0.25) is 0 Å². The van der Waals surface area contributed by atoms with Gasteiger partial charge < -0.3 is 46.1 Å². The Labute approximate surface area is 410 Å². The summed E-state index contributed by atoms with van der Waals surface area (Å²) in [5.41, 5.74) is 2.38. The number of allylic oxidation sites excluding steroid dienone is 4. The van der Waals surface area contributed by atoms with Crippen molar-refractivity contribution in [3.05, 3.63) is 89.5 Å². The number of carbonyl (C=O) groups is 7. The van der Waals surface area contributed by atoms with E-state index in [9.17, 15) is 38.7 Å². The van der Waals surface area contributed by atoms with Crippen LogP contribution >= 0.6 is 0 Å². The summed E-state index contributed by atoms with van der Waals surface area (Å²) in [6.45, 7) is 6.26. The van der Waals surface area contributed by atoms with Crippen molar-refractivity contribution in [1.29, 1.82) is 0 Å². The number of nitrogens with one attached hydrogen (secondary N) is 5. The van der Waals surface area contributed by atoms with Crippen molar-refractivity contribution >= 4 is 47.3 Å². The molecule has 5 fully saturated rings. The van der Waals surface area contributed by atoms with E-state index in [0.29, 0.717) is 55.4 Å². The SMILES string of the molecule is CC(=O)NCC(=O)N[C@@H](Cc1ccccc1)C(=O)NCC(=O)Nc1ccc(COC(=O)N2CCC(NC(=O)O[C@H]3CC[C@]4(C)C5CC[C@]6(C)[C@@H](C7=CCC(=O)C=C7)CC[C@]6(O)C5CC[C@@H]4C3)CC2)cc1. The number of ether oxygens (including phenoxy) is 2. The molecule has 0 radical (unpaired) electrons. The van der Waals surface area contributed by atoms with Crippen molar-refractivity contribution < 1.29 is 48.1 Å². The highest BCUT2D eigenvalue weighted by atomic mass is 16.6. The molecule has 1 aliphatic heterocycles. The largest absolute Gasteiger partial charge is 0.446 e. The Hall–Kier alpha value is -6.03. The Balaban J connectivity index is 0.724. The molecule has 1 heterocycles. The standard InChI is InChI=1S/C54H70N6O10/c1-34(61)55-31-48(64)59-46(29-35-7-5-4-6-8-35)49(65)56-32-47(63)57-39-14-9-36(10-15-39)33-69-51(67)60-27-22-40(23-28-60)58-50(66)70-42-19-24-52(2)38(30-42)13-18-45-44(52)20-25-53(3)43(21-26-54(45,53)68)37-11-16-41(62)17-12-37/h4-12,14-16,38,40,42-46,68H,13,17-33H2,1-3H3,(H,55,61)(H,56,65)(H,57,63)(H,58,66)(H,59,64)/t38-,42+,43-,44?,45?,46+,52+,53-,54+/m1/s1. The molecule has 2 aromatic rings. The molecule has 1 saturated heterocycles. The Morgan fingerprint density at radius 1 is 0.800 bits per heavy atom. The molecular weight excluding hydrogens is 893 g/mol. The summed E-state index contributed by atoms with van der Waals surface area (Å²) in [4.78, 5) is 89.2. The van der Waals surface area contributed by atoms with Gasteiger partial charge in [-0.05, 0) is 135 Å². The van der Waals surface area contributed by atoms with Crippen LogP contribution in [0.15, 0.2) is 78.4 Å². The van der Waals surface area contributed by atoms with Crippen LogP contribution < -0.4 is 26.6 Å². The summed E-state index contributed by atoms with van der Waals surface area (Å²) in [5.74, 6) is -0.437. The molecule has 4 saturated carbocycles. The number of hydrogen-bond acceptors (Lipinski definition) is 10. The van der Waals surface area contributed by atoms with Gasteiger partial charge in [-0.15, -0.1) is 0 Å². The second kappa shape index (κ2) is 21.5. The number of rotatable bonds is 14. The Morgan fingerprint density at radius 2 is 1.54 bits per heavy atom. The van der Waals surface area contributed by atoms with E-state index < -0.39 is 41.6 Å². The molecule has 6 aliphatic rings.